The van der Waals surface area contributed by atoms with E-state index >= 15 is 0 Å². The maximum absolute atomic E-state index is 12.7. The van der Waals surface area contributed by atoms with Gasteiger partial charge in [-0.1, -0.05) is 0 Å². The van der Waals surface area contributed by atoms with Crippen LogP contribution >= 0.6 is 0 Å². The molecule has 1 saturated heterocycles. The quantitative estimate of drug-likeness (QED) is 0.868. The van der Waals surface area contributed by atoms with Crippen LogP contribution in [-0.2, 0) is 4.74 Å². The predicted molar refractivity (Wildman–Crippen MR) is 67.0 cm³/mol. The highest BCUT2D eigenvalue weighted by molar-refractivity contribution is 5.84. The maximum atomic E-state index is 12.7. The Morgan fingerprint density at radius 3 is 2.89 bits per heavy atom. The number of halogens is 1. The Balaban J connectivity index is 1.73. The van der Waals surface area contributed by atoms with Crippen LogP contribution in [0.4, 0.5) is 14.9 Å². The molecule has 1 aliphatic rings. The van der Waals surface area contributed by atoms with Gasteiger partial charge in [0.15, 0.2) is 0 Å². The first kappa shape index (κ1) is 12.8. The van der Waals surface area contributed by atoms with E-state index in [2.05, 4.69) is 10.6 Å². The van der Waals surface area contributed by atoms with E-state index in [9.17, 15) is 9.18 Å². The van der Waals surface area contributed by atoms with Crippen LogP contribution in [0.15, 0.2) is 24.3 Å². The van der Waals surface area contributed by atoms with Gasteiger partial charge in [0.2, 0.25) is 0 Å². The van der Waals surface area contributed by atoms with Gasteiger partial charge in [0.05, 0.1) is 6.61 Å². The van der Waals surface area contributed by atoms with Crippen LogP contribution in [0.25, 0.3) is 0 Å². The van der Waals surface area contributed by atoms with Crippen LogP contribution < -0.4 is 10.6 Å². The summed E-state index contributed by atoms with van der Waals surface area (Å²) in [6.07, 6.45) is 1.71. The van der Waals surface area contributed by atoms with Crippen molar-refractivity contribution in [3.05, 3.63) is 30.1 Å². The van der Waals surface area contributed by atoms with Gasteiger partial charge in [0.25, 0.3) is 0 Å². The fourth-order valence-corrected chi connectivity index (χ4v) is 1.95. The summed E-state index contributed by atoms with van der Waals surface area (Å²) in [7, 11) is 0. The van der Waals surface area contributed by atoms with E-state index in [1.807, 2.05) is 0 Å². The van der Waals surface area contributed by atoms with E-state index in [1.54, 1.807) is 0 Å². The van der Waals surface area contributed by atoms with Crippen molar-refractivity contribution in [1.82, 2.24) is 5.32 Å². The van der Waals surface area contributed by atoms with Crippen LogP contribution in [0.1, 0.15) is 12.8 Å². The number of nitrogens with one attached hydrogen (secondary N) is 2. The van der Waals surface area contributed by atoms with Crippen LogP contribution in [0, 0.1) is 11.7 Å². The zero-order chi connectivity index (χ0) is 12.8. The lowest BCUT2D eigenvalue weighted by Gasteiger charge is -2.22. The molecule has 0 spiro atoms. The first-order chi connectivity index (χ1) is 8.74. The highest BCUT2D eigenvalue weighted by Crippen LogP contribution is 2.12. The number of amides is 1. The van der Waals surface area contributed by atoms with E-state index < -0.39 is 6.09 Å². The average molecular weight is 252 g/mol. The maximum Gasteiger partial charge on any atom is 0.411 e. The second kappa shape index (κ2) is 6.35. The number of anilines is 1. The van der Waals surface area contributed by atoms with E-state index in [4.69, 9.17) is 4.74 Å². The van der Waals surface area contributed by atoms with Crippen molar-refractivity contribution in [2.45, 2.75) is 12.8 Å². The molecular formula is C13H17FN2O2. The second-order valence-electron chi connectivity index (χ2n) is 4.44. The van der Waals surface area contributed by atoms with Crippen molar-refractivity contribution < 1.29 is 13.9 Å². The van der Waals surface area contributed by atoms with Gasteiger partial charge < -0.3 is 10.1 Å². The smallest absolute Gasteiger partial charge is 0.411 e. The van der Waals surface area contributed by atoms with Gasteiger partial charge in [0.1, 0.15) is 5.82 Å². The Kier molecular flexibility index (Phi) is 4.52. The van der Waals surface area contributed by atoms with Crippen LogP contribution in [0.3, 0.4) is 0 Å². The third-order valence-electron chi connectivity index (χ3n) is 2.94. The van der Waals surface area contributed by atoms with Crippen molar-refractivity contribution in [2.75, 3.05) is 25.0 Å². The van der Waals surface area contributed by atoms with E-state index in [0.717, 1.165) is 25.9 Å². The standard InChI is InChI=1S/C13H17FN2O2/c14-11-3-5-12(6-4-11)16-13(17)18-9-10-2-1-7-15-8-10/h3-6,10,15H,1-2,7-9H2,(H,16,17). The van der Waals surface area contributed by atoms with E-state index in [-0.39, 0.29) is 5.82 Å². The van der Waals surface area contributed by atoms with E-state index in [1.165, 1.54) is 24.3 Å². The molecule has 1 aromatic rings. The Morgan fingerprint density at radius 1 is 1.44 bits per heavy atom. The molecule has 2 rings (SSSR count). The molecular weight excluding hydrogens is 235 g/mol. The lowest BCUT2D eigenvalue weighted by Crippen LogP contribution is -2.33. The molecule has 1 amide bonds. The number of carbonyl (C=O) groups is 1. The normalized spacial score (nSPS) is 19.3. The van der Waals surface area contributed by atoms with Gasteiger partial charge in [0, 0.05) is 18.2 Å². The molecule has 98 valence electrons. The topological polar surface area (TPSA) is 50.4 Å². The Morgan fingerprint density at radius 2 is 2.22 bits per heavy atom. The minimum Gasteiger partial charge on any atom is -0.449 e. The average Bonchev–Trinajstić information content (AvgIpc) is 2.40. The number of hydrogen-bond acceptors (Lipinski definition) is 3. The highest BCUT2D eigenvalue weighted by Gasteiger charge is 2.15. The zero-order valence-corrected chi connectivity index (χ0v) is 10.1. The van der Waals surface area contributed by atoms with Crippen LogP contribution in [0.5, 0.6) is 0 Å². The van der Waals surface area contributed by atoms with Gasteiger partial charge >= 0.3 is 6.09 Å². The fraction of sp³-hybridized carbons (Fsp3) is 0.462. The van der Waals surface area contributed by atoms with Gasteiger partial charge in [-0.15, -0.1) is 0 Å². The molecule has 18 heavy (non-hydrogen) atoms. The minimum atomic E-state index is -0.493. The van der Waals surface area contributed by atoms with Crippen molar-refractivity contribution in [1.29, 1.82) is 0 Å². The number of hydrogen-bond donors (Lipinski definition) is 2. The zero-order valence-electron chi connectivity index (χ0n) is 10.1. The van der Waals surface area contributed by atoms with Gasteiger partial charge in [-0.3, -0.25) is 5.32 Å². The number of carbonyl (C=O) groups excluding carboxylic acids is 1. The molecule has 4 nitrogen and oxygen atoms in total. The van der Waals surface area contributed by atoms with Crippen molar-refractivity contribution in [3.63, 3.8) is 0 Å². The summed E-state index contributed by atoms with van der Waals surface area (Å²) in [6, 6.07) is 5.58. The molecule has 1 atom stereocenters. The highest BCUT2D eigenvalue weighted by atomic mass is 19.1. The van der Waals surface area contributed by atoms with Crippen LogP contribution in [0.2, 0.25) is 0 Å². The summed E-state index contributed by atoms with van der Waals surface area (Å²) >= 11 is 0. The lowest BCUT2D eigenvalue weighted by molar-refractivity contribution is 0.132. The summed E-state index contributed by atoms with van der Waals surface area (Å²) in [6.45, 7) is 2.35. The lowest BCUT2D eigenvalue weighted by atomic mass is 10.0. The first-order valence-electron chi connectivity index (χ1n) is 6.14. The number of rotatable bonds is 3. The Hall–Kier alpha value is -1.62. The summed E-state index contributed by atoms with van der Waals surface area (Å²) in [5, 5.41) is 5.82. The molecule has 2 N–H and O–H groups in total. The van der Waals surface area contributed by atoms with Crippen molar-refractivity contribution in [2.24, 2.45) is 5.92 Å². The second-order valence-corrected chi connectivity index (χ2v) is 4.44. The molecule has 1 aliphatic heterocycles. The van der Waals surface area contributed by atoms with Crippen LogP contribution in [-0.4, -0.2) is 25.8 Å². The molecule has 1 aromatic carbocycles. The van der Waals surface area contributed by atoms with Gasteiger partial charge in [-0.05, 0) is 43.7 Å². The van der Waals surface area contributed by atoms with Gasteiger partial charge in [-0.2, -0.15) is 0 Å². The van der Waals surface area contributed by atoms with Crippen molar-refractivity contribution >= 4 is 11.8 Å². The largest absolute Gasteiger partial charge is 0.449 e. The molecule has 1 heterocycles. The Bertz CT molecular complexity index is 388. The minimum absolute atomic E-state index is 0.331. The number of piperidine rings is 1. The number of ether oxygens (including phenoxy) is 1. The molecule has 5 heteroatoms. The third-order valence-corrected chi connectivity index (χ3v) is 2.94. The Labute approximate surface area is 106 Å². The molecule has 1 unspecified atom stereocenters. The molecule has 1 fully saturated rings. The molecule has 0 aromatic heterocycles. The van der Waals surface area contributed by atoms with Crippen molar-refractivity contribution in [3.8, 4) is 0 Å². The SMILES string of the molecule is O=C(Nc1ccc(F)cc1)OCC1CCCNC1. The summed E-state index contributed by atoms with van der Waals surface area (Å²) in [5.41, 5.74) is 0.531. The summed E-state index contributed by atoms with van der Waals surface area (Å²) in [4.78, 5) is 11.5. The molecule has 0 saturated carbocycles. The molecule has 0 bridgehead atoms. The third kappa shape index (κ3) is 4.00. The fourth-order valence-electron chi connectivity index (χ4n) is 1.95. The molecule has 0 radical (unpaired) electrons. The predicted octanol–water partition coefficient (Wildman–Crippen LogP) is 2.37. The molecule has 0 aliphatic carbocycles. The first-order valence-corrected chi connectivity index (χ1v) is 6.14. The summed E-state index contributed by atoms with van der Waals surface area (Å²) in [5.74, 6) is 0.0555. The van der Waals surface area contributed by atoms with Gasteiger partial charge in [-0.25, -0.2) is 9.18 Å². The summed E-state index contributed by atoms with van der Waals surface area (Å²) < 4.78 is 17.8. The monoisotopic (exact) mass is 252 g/mol. The van der Waals surface area contributed by atoms with E-state index in [0.29, 0.717) is 18.2 Å². The number of benzene rings is 1.